The average molecular weight is 516 g/mol. The third-order valence-corrected chi connectivity index (χ3v) is 7.72. The Morgan fingerprint density at radius 1 is 0.615 bits per heavy atom. The van der Waals surface area contributed by atoms with Gasteiger partial charge in [-0.2, -0.15) is 0 Å². The predicted octanol–water partition coefficient (Wildman–Crippen LogP) is 5.17. The smallest absolute Gasteiger partial charge is 0.241 e. The van der Waals surface area contributed by atoms with Gasteiger partial charge in [-0.1, -0.05) is 72.8 Å². The van der Waals surface area contributed by atoms with Crippen LogP contribution in [0.2, 0.25) is 0 Å². The van der Waals surface area contributed by atoms with E-state index in [0.717, 1.165) is 4.90 Å². The number of ketones is 2. The number of ether oxygens (including phenoxy) is 2. The van der Waals surface area contributed by atoms with Crippen molar-refractivity contribution in [2.24, 2.45) is 11.8 Å². The van der Waals surface area contributed by atoms with Crippen LogP contribution in [0, 0.1) is 11.8 Å². The number of fused-ring (bicyclic) bond motifs is 3. The molecule has 4 aromatic rings. The van der Waals surface area contributed by atoms with Crippen LogP contribution in [0.3, 0.4) is 0 Å². The molecule has 1 spiro atoms. The number of amides is 2. The van der Waals surface area contributed by atoms with Crippen molar-refractivity contribution in [2.45, 2.75) is 11.7 Å². The second kappa shape index (κ2) is 8.58. The number of benzene rings is 4. The Kier molecular flexibility index (Phi) is 5.11. The van der Waals surface area contributed by atoms with Crippen molar-refractivity contribution in [3.05, 3.63) is 126 Å². The molecule has 2 aliphatic heterocycles. The fourth-order valence-electron chi connectivity index (χ4n) is 6.00. The lowest BCUT2D eigenvalue weighted by molar-refractivity contribution is -0.127. The monoisotopic (exact) mass is 515 g/mol. The summed E-state index contributed by atoms with van der Waals surface area (Å²) in [6, 6.07) is 31.2. The molecule has 0 bridgehead atoms. The van der Waals surface area contributed by atoms with Gasteiger partial charge in [-0.25, -0.2) is 4.90 Å². The summed E-state index contributed by atoms with van der Waals surface area (Å²) in [6.07, 6.45) is -0.944. The standard InChI is InChI=1S/C32H21NO6/c34-28-23-13-7-8-14-24(23)29(35)32(28)26-25(27(39-32)19-9-3-1-4-10-19)30(36)33(31(26)37)20-15-17-22(18-16-20)38-21-11-5-2-6-12-21/h1-18,25-27H/t25-,26-,27-/m0/s1. The van der Waals surface area contributed by atoms with E-state index in [9.17, 15) is 19.2 Å². The summed E-state index contributed by atoms with van der Waals surface area (Å²) in [4.78, 5) is 56.7. The first-order valence-electron chi connectivity index (χ1n) is 12.6. The summed E-state index contributed by atoms with van der Waals surface area (Å²) in [5, 5.41) is 0. The SMILES string of the molecule is O=C1[C@H]2[C@@H](C(=O)N1c1ccc(Oc3ccccc3)cc1)C1(O[C@H]2c2ccccc2)C(=O)c2ccccc2C1=O. The Hall–Kier alpha value is -4.88. The van der Waals surface area contributed by atoms with E-state index in [2.05, 4.69) is 0 Å². The summed E-state index contributed by atoms with van der Waals surface area (Å²) in [5.41, 5.74) is -0.730. The van der Waals surface area contributed by atoms with E-state index in [1.807, 2.05) is 36.4 Å². The van der Waals surface area contributed by atoms with Crippen LogP contribution < -0.4 is 9.64 Å². The number of anilines is 1. The maximum atomic E-state index is 14.0. The second-order valence-corrected chi connectivity index (χ2v) is 9.81. The molecule has 0 N–H and O–H groups in total. The van der Waals surface area contributed by atoms with Gasteiger partial charge in [-0.05, 0) is 42.0 Å². The van der Waals surface area contributed by atoms with Crippen molar-refractivity contribution in [1.29, 1.82) is 0 Å². The van der Waals surface area contributed by atoms with Gasteiger partial charge in [-0.15, -0.1) is 0 Å². The predicted molar refractivity (Wildman–Crippen MR) is 141 cm³/mol. The number of para-hydroxylation sites is 1. The largest absolute Gasteiger partial charge is 0.457 e. The zero-order chi connectivity index (χ0) is 26.7. The number of hydrogen-bond donors (Lipinski definition) is 0. The highest BCUT2D eigenvalue weighted by Gasteiger charge is 2.74. The van der Waals surface area contributed by atoms with Crippen molar-refractivity contribution in [1.82, 2.24) is 0 Å². The fraction of sp³-hybridized carbons (Fsp3) is 0.125. The van der Waals surface area contributed by atoms with Crippen LogP contribution in [0.5, 0.6) is 11.5 Å². The number of Topliss-reactive ketones (excluding diaryl/α,β-unsaturated/α-hetero) is 2. The van der Waals surface area contributed by atoms with Gasteiger partial charge in [0.2, 0.25) is 29.0 Å². The maximum Gasteiger partial charge on any atom is 0.241 e. The third kappa shape index (κ3) is 3.26. The molecule has 7 nitrogen and oxygen atoms in total. The van der Waals surface area contributed by atoms with E-state index < -0.39 is 46.9 Å². The molecule has 0 radical (unpaired) electrons. The van der Waals surface area contributed by atoms with Crippen LogP contribution in [-0.4, -0.2) is 29.0 Å². The fourth-order valence-corrected chi connectivity index (χ4v) is 6.00. The molecule has 2 saturated heterocycles. The van der Waals surface area contributed by atoms with E-state index in [4.69, 9.17) is 9.47 Å². The Labute approximate surface area is 223 Å². The van der Waals surface area contributed by atoms with E-state index in [1.165, 1.54) is 0 Å². The highest BCUT2D eigenvalue weighted by atomic mass is 16.5. The molecule has 3 atom stereocenters. The van der Waals surface area contributed by atoms with Gasteiger partial charge < -0.3 is 9.47 Å². The lowest BCUT2D eigenvalue weighted by atomic mass is 9.77. The summed E-state index contributed by atoms with van der Waals surface area (Å²) >= 11 is 0. The lowest BCUT2D eigenvalue weighted by Crippen LogP contribution is -2.51. The van der Waals surface area contributed by atoms with Gasteiger partial charge in [0.1, 0.15) is 11.5 Å². The average Bonchev–Trinajstić information content (AvgIpc) is 3.54. The number of carbonyl (C=O) groups is 4. The first kappa shape index (κ1) is 23.3. The van der Waals surface area contributed by atoms with Gasteiger partial charge in [-0.3, -0.25) is 19.2 Å². The molecule has 2 amide bonds. The Morgan fingerprint density at radius 2 is 1.15 bits per heavy atom. The van der Waals surface area contributed by atoms with Crippen LogP contribution in [0.25, 0.3) is 0 Å². The van der Waals surface area contributed by atoms with E-state index in [-0.39, 0.29) is 11.1 Å². The topological polar surface area (TPSA) is 90.0 Å². The summed E-state index contributed by atoms with van der Waals surface area (Å²) in [5.74, 6) is -3.44. The number of carbonyl (C=O) groups excluding carboxylic acids is 4. The molecule has 2 heterocycles. The van der Waals surface area contributed by atoms with E-state index >= 15 is 0 Å². The molecule has 7 rings (SSSR count). The molecule has 190 valence electrons. The molecular formula is C32H21NO6. The molecule has 1 aliphatic carbocycles. The van der Waals surface area contributed by atoms with Crippen LogP contribution in [0.1, 0.15) is 32.4 Å². The van der Waals surface area contributed by atoms with Gasteiger partial charge in [0.25, 0.3) is 0 Å². The van der Waals surface area contributed by atoms with Crippen molar-refractivity contribution in [3.8, 4) is 11.5 Å². The Balaban J connectivity index is 1.30. The second-order valence-electron chi connectivity index (χ2n) is 9.81. The van der Waals surface area contributed by atoms with E-state index in [1.54, 1.807) is 72.8 Å². The van der Waals surface area contributed by atoms with Gasteiger partial charge in [0.15, 0.2) is 0 Å². The van der Waals surface area contributed by atoms with Crippen molar-refractivity contribution >= 4 is 29.1 Å². The molecule has 2 fully saturated rings. The highest BCUT2D eigenvalue weighted by Crippen LogP contribution is 2.57. The summed E-state index contributed by atoms with van der Waals surface area (Å²) in [6.45, 7) is 0. The van der Waals surface area contributed by atoms with Crippen LogP contribution in [-0.2, 0) is 14.3 Å². The highest BCUT2D eigenvalue weighted by molar-refractivity contribution is 6.37. The molecular weight excluding hydrogens is 494 g/mol. The molecule has 4 aromatic carbocycles. The Morgan fingerprint density at radius 3 is 1.77 bits per heavy atom. The number of rotatable bonds is 4. The number of imide groups is 1. The minimum atomic E-state index is -2.09. The molecule has 7 heteroatoms. The Bertz CT molecular complexity index is 1610. The summed E-state index contributed by atoms with van der Waals surface area (Å²) < 4.78 is 12.1. The number of nitrogens with zero attached hydrogens (tertiary/aromatic N) is 1. The van der Waals surface area contributed by atoms with Crippen molar-refractivity contribution in [3.63, 3.8) is 0 Å². The van der Waals surface area contributed by atoms with Gasteiger partial charge >= 0.3 is 0 Å². The third-order valence-electron chi connectivity index (χ3n) is 7.72. The van der Waals surface area contributed by atoms with Crippen LogP contribution in [0.4, 0.5) is 5.69 Å². The first-order valence-corrected chi connectivity index (χ1v) is 12.6. The van der Waals surface area contributed by atoms with Crippen LogP contribution in [0.15, 0.2) is 109 Å². The zero-order valence-electron chi connectivity index (χ0n) is 20.5. The molecule has 0 unspecified atom stereocenters. The maximum absolute atomic E-state index is 14.0. The summed E-state index contributed by atoms with van der Waals surface area (Å²) in [7, 11) is 0. The van der Waals surface area contributed by atoms with Crippen molar-refractivity contribution < 1.29 is 28.7 Å². The van der Waals surface area contributed by atoms with E-state index in [0.29, 0.717) is 22.7 Å². The zero-order valence-corrected chi connectivity index (χ0v) is 20.5. The minimum Gasteiger partial charge on any atom is -0.457 e. The molecule has 3 aliphatic rings. The number of hydrogen-bond acceptors (Lipinski definition) is 6. The first-order chi connectivity index (χ1) is 19.0. The lowest BCUT2D eigenvalue weighted by Gasteiger charge is -2.27. The minimum absolute atomic E-state index is 0.205. The van der Waals surface area contributed by atoms with Crippen molar-refractivity contribution in [2.75, 3.05) is 4.90 Å². The van der Waals surface area contributed by atoms with Gasteiger partial charge in [0, 0.05) is 11.1 Å². The van der Waals surface area contributed by atoms with Gasteiger partial charge in [0.05, 0.1) is 23.6 Å². The molecule has 0 saturated carbocycles. The molecule has 39 heavy (non-hydrogen) atoms. The molecule has 0 aromatic heterocycles. The van der Waals surface area contributed by atoms with Crippen LogP contribution >= 0.6 is 0 Å². The quantitative estimate of drug-likeness (QED) is 0.275. The normalized spacial score (nSPS) is 22.9.